The molecule has 3 rings (SSSR count). The second kappa shape index (κ2) is 11.8. The molecule has 1 N–H and O–H groups in total. The van der Waals surface area contributed by atoms with Crippen molar-refractivity contribution in [1.29, 1.82) is 0 Å². The number of ketones is 1. The third kappa shape index (κ3) is 6.24. The van der Waals surface area contributed by atoms with Gasteiger partial charge in [0.25, 0.3) is 5.91 Å². The Kier molecular flexibility index (Phi) is 9.10. The molecule has 2 aromatic rings. The number of benzene rings is 1. The first kappa shape index (κ1) is 25.5. The van der Waals surface area contributed by atoms with Crippen molar-refractivity contribution in [2.75, 3.05) is 18.1 Å². The number of nitrogens with one attached hydrogen (secondary N) is 1. The fraction of sp³-hybridized carbons (Fsp3) is 0.522. The van der Waals surface area contributed by atoms with Gasteiger partial charge in [0.2, 0.25) is 10.0 Å². The van der Waals surface area contributed by atoms with Crippen molar-refractivity contribution in [3.63, 3.8) is 0 Å². The molecule has 2 heterocycles. The zero-order chi connectivity index (χ0) is 23.8. The Morgan fingerprint density at radius 1 is 1.15 bits per heavy atom. The van der Waals surface area contributed by atoms with Crippen LogP contribution in [0.15, 0.2) is 39.8 Å². The van der Waals surface area contributed by atoms with Gasteiger partial charge in [-0.1, -0.05) is 62.7 Å². The molecule has 10 heteroatoms. The van der Waals surface area contributed by atoms with Crippen LogP contribution in [0.1, 0.15) is 68.0 Å². The van der Waals surface area contributed by atoms with Crippen molar-refractivity contribution >= 4 is 39.3 Å². The van der Waals surface area contributed by atoms with Crippen LogP contribution in [0.2, 0.25) is 0 Å². The molecule has 8 nitrogen and oxygen atoms in total. The molecule has 0 aliphatic carbocycles. The molecule has 1 atom stereocenters. The maximum absolute atomic E-state index is 12.8. The fourth-order valence-corrected chi connectivity index (χ4v) is 6.12. The minimum atomic E-state index is -3.96. The van der Waals surface area contributed by atoms with Crippen LogP contribution in [0.5, 0.6) is 0 Å². The van der Waals surface area contributed by atoms with Gasteiger partial charge in [-0.2, -0.15) is 16.1 Å². The van der Waals surface area contributed by atoms with Crippen LogP contribution in [0.25, 0.3) is 0 Å². The number of carbonyl (C=O) groups excluding carboxylic acids is 2. The predicted octanol–water partition coefficient (Wildman–Crippen LogP) is 4.48. The van der Waals surface area contributed by atoms with E-state index in [1.807, 2.05) is 0 Å². The van der Waals surface area contributed by atoms with Crippen molar-refractivity contribution < 1.29 is 22.5 Å². The molecule has 0 radical (unpaired) electrons. The molecule has 33 heavy (non-hydrogen) atoms. The molecule has 0 saturated heterocycles. The van der Waals surface area contributed by atoms with Crippen molar-refractivity contribution in [1.82, 2.24) is 9.46 Å². The lowest BCUT2D eigenvalue weighted by Gasteiger charge is -2.30. The van der Waals surface area contributed by atoms with Crippen molar-refractivity contribution in [3.05, 3.63) is 41.7 Å². The van der Waals surface area contributed by atoms with E-state index in [9.17, 15) is 18.0 Å². The van der Waals surface area contributed by atoms with Gasteiger partial charge >= 0.3 is 0 Å². The van der Waals surface area contributed by atoms with Crippen molar-refractivity contribution in [2.24, 2.45) is 0 Å². The number of likely N-dealkylation sites (N-methyl/N-ethyl adjacent to an activating group) is 1. The summed E-state index contributed by atoms with van der Waals surface area (Å²) in [7, 11) is -2.73. The zero-order valence-corrected chi connectivity index (χ0v) is 20.7. The standard InChI is InChI=1S/C23H31N3O5S2/c1-3-4-5-6-7-8-11-14-32-16-17-15-20(25-31-17)24-23(28)21-22(27)18-12-9-10-13-19(18)33(29,30)26(21)2/h9-10,12-13,15,21H,3-8,11,14,16H2,1-2H3,(H,24,25,28). The Morgan fingerprint density at radius 3 is 2.61 bits per heavy atom. The molecule has 1 aromatic heterocycles. The average molecular weight is 494 g/mol. The van der Waals surface area contributed by atoms with E-state index >= 15 is 0 Å². The molecule has 0 saturated carbocycles. The highest BCUT2D eigenvalue weighted by Gasteiger charge is 2.45. The van der Waals surface area contributed by atoms with Gasteiger partial charge in [-0.15, -0.1) is 0 Å². The lowest BCUT2D eigenvalue weighted by Crippen LogP contribution is -2.53. The highest BCUT2D eigenvalue weighted by molar-refractivity contribution is 7.98. The van der Waals surface area contributed by atoms with E-state index < -0.39 is 27.8 Å². The maximum Gasteiger partial charge on any atom is 0.252 e. The van der Waals surface area contributed by atoms with E-state index in [-0.39, 0.29) is 16.3 Å². The number of thioether (sulfide) groups is 1. The normalized spacial score (nSPS) is 17.6. The summed E-state index contributed by atoms with van der Waals surface area (Å²) in [6.45, 7) is 2.22. The number of anilines is 1. The number of carbonyl (C=O) groups is 2. The van der Waals surface area contributed by atoms with Gasteiger partial charge in [-0.3, -0.25) is 9.59 Å². The second-order valence-corrected chi connectivity index (χ2v) is 11.2. The predicted molar refractivity (Wildman–Crippen MR) is 129 cm³/mol. The summed E-state index contributed by atoms with van der Waals surface area (Å²) in [5.41, 5.74) is 0.0124. The molecule has 1 aliphatic heterocycles. The number of nitrogens with zero attached hydrogens (tertiary/aromatic N) is 2. The number of hydrogen-bond acceptors (Lipinski definition) is 7. The largest absolute Gasteiger partial charge is 0.358 e. The fourth-order valence-electron chi connectivity index (χ4n) is 3.75. The molecule has 1 amide bonds. The van der Waals surface area contributed by atoms with Gasteiger partial charge in [0.15, 0.2) is 17.6 Å². The van der Waals surface area contributed by atoms with Gasteiger partial charge < -0.3 is 9.84 Å². The Labute approximate surface area is 199 Å². The molecule has 1 unspecified atom stereocenters. The van der Waals surface area contributed by atoms with E-state index in [2.05, 4.69) is 17.4 Å². The van der Waals surface area contributed by atoms with E-state index in [1.54, 1.807) is 30.0 Å². The van der Waals surface area contributed by atoms with E-state index in [0.717, 1.165) is 16.5 Å². The molecule has 0 bridgehead atoms. The Morgan fingerprint density at radius 2 is 1.85 bits per heavy atom. The molecule has 0 spiro atoms. The van der Waals surface area contributed by atoms with Crippen molar-refractivity contribution in [2.45, 2.75) is 68.6 Å². The molecule has 1 aromatic carbocycles. The Bertz CT molecular complexity index is 1070. The summed E-state index contributed by atoms with van der Waals surface area (Å²) in [5, 5.41) is 6.36. The maximum atomic E-state index is 12.8. The highest BCUT2D eigenvalue weighted by Crippen LogP contribution is 2.29. The summed E-state index contributed by atoms with van der Waals surface area (Å²) in [6, 6.07) is 5.99. The first-order valence-corrected chi connectivity index (χ1v) is 13.9. The summed E-state index contributed by atoms with van der Waals surface area (Å²) < 4.78 is 31.5. The Hall–Kier alpha value is -2.17. The third-order valence-corrected chi connectivity index (χ3v) is 8.56. The minimum absolute atomic E-state index is 0.0124. The first-order chi connectivity index (χ1) is 15.9. The van der Waals surface area contributed by atoms with Crippen LogP contribution in [0.3, 0.4) is 0 Å². The highest BCUT2D eigenvalue weighted by atomic mass is 32.2. The van der Waals surface area contributed by atoms with E-state index in [1.165, 1.54) is 57.7 Å². The van der Waals surface area contributed by atoms with Crippen LogP contribution in [0, 0.1) is 0 Å². The van der Waals surface area contributed by atoms with Crippen LogP contribution < -0.4 is 5.32 Å². The van der Waals surface area contributed by atoms with E-state index in [4.69, 9.17) is 4.52 Å². The van der Waals surface area contributed by atoms with Crippen LogP contribution >= 0.6 is 11.8 Å². The smallest absolute Gasteiger partial charge is 0.252 e. The second-order valence-electron chi connectivity index (χ2n) is 8.13. The number of aromatic nitrogens is 1. The average Bonchev–Trinajstić information content (AvgIpc) is 3.24. The number of unbranched alkanes of at least 4 members (excludes halogenated alkanes) is 6. The molecule has 0 fully saturated rings. The van der Waals surface area contributed by atoms with Gasteiger partial charge in [-0.05, 0) is 24.3 Å². The molecular formula is C23H31N3O5S2. The molecule has 1 aliphatic rings. The number of Topliss-reactive ketones (excluding diaryl/α,β-unsaturated/α-hetero) is 1. The van der Waals surface area contributed by atoms with Gasteiger partial charge in [-0.25, -0.2) is 8.42 Å². The third-order valence-electron chi connectivity index (χ3n) is 5.62. The summed E-state index contributed by atoms with van der Waals surface area (Å²) >= 11 is 1.74. The number of fused-ring (bicyclic) bond motifs is 1. The van der Waals surface area contributed by atoms with Gasteiger partial charge in [0.1, 0.15) is 5.76 Å². The van der Waals surface area contributed by atoms with Crippen LogP contribution in [-0.2, 0) is 20.6 Å². The lowest BCUT2D eigenvalue weighted by atomic mass is 10.0. The van der Waals surface area contributed by atoms with Gasteiger partial charge in [0, 0.05) is 18.7 Å². The lowest BCUT2D eigenvalue weighted by molar-refractivity contribution is -0.118. The summed E-state index contributed by atoms with van der Waals surface area (Å²) in [4.78, 5) is 25.5. The SMILES string of the molecule is CCCCCCCCCSCc1cc(NC(=O)C2C(=O)c3ccccc3S(=O)(=O)N2C)no1. The number of sulfonamides is 1. The summed E-state index contributed by atoms with van der Waals surface area (Å²) in [6.07, 6.45) is 8.84. The molecular weight excluding hydrogens is 462 g/mol. The monoisotopic (exact) mass is 493 g/mol. The van der Waals surface area contributed by atoms with E-state index in [0.29, 0.717) is 11.5 Å². The quantitative estimate of drug-likeness (QED) is 0.343. The van der Waals surface area contributed by atoms with Gasteiger partial charge in [0.05, 0.1) is 10.6 Å². The minimum Gasteiger partial charge on any atom is -0.358 e. The summed E-state index contributed by atoms with van der Waals surface area (Å²) in [5.74, 6) is 1.08. The Balaban J connectivity index is 1.50. The molecule has 180 valence electrons. The number of hydrogen-bond donors (Lipinski definition) is 1. The van der Waals surface area contributed by atoms with Crippen molar-refractivity contribution in [3.8, 4) is 0 Å². The van der Waals surface area contributed by atoms with Crippen LogP contribution in [0.4, 0.5) is 5.82 Å². The topological polar surface area (TPSA) is 110 Å². The zero-order valence-electron chi connectivity index (χ0n) is 19.1. The first-order valence-electron chi connectivity index (χ1n) is 11.3. The van der Waals surface area contributed by atoms with Crippen LogP contribution in [-0.4, -0.2) is 48.4 Å². The number of rotatable bonds is 12. The number of amides is 1.